The molecule has 6 aliphatic rings. The first kappa shape index (κ1) is 44.9. The molecule has 2 aliphatic carbocycles. The first-order valence-electron chi connectivity index (χ1n) is 27.8. The molecule has 0 bridgehead atoms. The van der Waals surface area contributed by atoms with Crippen LogP contribution in [0.1, 0.15) is 107 Å². The molecule has 4 heterocycles. The van der Waals surface area contributed by atoms with E-state index in [1.807, 2.05) is 0 Å². The van der Waals surface area contributed by atoms with Crippen LogP contribution in [0.15, 0.2) is 206 Å². The van der Waals surface area contributed by atoms with Crippen molar-refractivity contribution in [3.05, 3.63) is 240 Å². The molecule has 1 fully saturated rings. The predicted molar refractivity (Wildman–Crippen MR) is 316 cm³/mol. The minimum atomic E-state index is -0.371. The summed E-state index contributed by atoms with van der Waals surface area (Å²) in [5, 5.41) is 0. The van der Waals surface area contributed by atoms with Crippen molar-refractivity contribution in [3.8, 4) is 22.3 Å². The van der Waals surface area contributed by atoms with E-state index in [0.29, 0.717) is 0 Å². The Bertz CT molecular complexity index is 3800. The number of hydrogen-bond acceptors (Lipinski definition) is 3. The molecule has 1 saturated carbocycles. The van der Waals surface area contributed by atoms with Gasteiger partial charge >= 0.3 is 0 Å². The normalized spacial score (nSPS) is 23.4. The summed E-state index contributed by atoms with van der Waals surface area (Å²) in [6.45, 7) is 15.1. The highest BCUT2D eigenvalue weighted by molar-refractivity contribution is 7.00. The number of nitrogens with zero attached hydrogens (tertiary/aromatic N) is 3. The third-order valence-corrected chi connectivity index (χ3v) is 19.9. The van der Waals surface area contributed by atoms with E-state index in [2.05, 4.69) is 262 Å². The quantitative estimate of drug-likeness (QED) is 0.159. The van der Waals surface area contributed by atoms with Crippen molar-refractivity contribution in [2.45, 2.75) is 107 Å². The molecule has 0 radical (unpaired) electrons. The SMILES string of the molecule is CC(C)(C)c1cc2c3c(c1)C1(c4ccccc4)CCCCC1(C)N3c1cc(N3c4ccccc4C4(C)CCc5ccccc5C34C)cc3c1B2c1ccc(-c2ccccc2)cc1N3c1cccc(-c2ccccc2)c1. The Morgan fingerprint density at radius 3 is 1.84 bits per heavy atom. The zero-order valence-electron chi connectivity index (χ0n) is 44.3. The van der Waals surface area contributed by atoms with Crippen molar-refractivity contribution in [2.75, 3.05) is 14.7 Å². The van der Waals surface area contributed by atoms with Crippen LogP contribution in [0.2, 0.25) is 0 Å². The molecule has 4 heteroatoms. The Morgan fingerprint density at radius 1 is 0.453 bits per heavy atom. The van der Waals surface area contributed by atoms with Gasteiger partial charge in [-0.3, -0.25) is 0 Å². The second-order valence-electron chi connectivity index (χ2n) is 24.4. The Kier molecular flexibility index (Phi) is 9.42. The van der Waals surface area contributed by atoms with Crippen molar-refractivity contribution >= 4 is 62.9 Å². The second-order valence-corrected chi connectivity index (χ2v) is 24.4. The van der Waals surface area contributed by atoms with Crippen LogP contribution in [0.5, 0.6) is 0 Å². The average molecular weight is 970 g/mol. The zero-order chi connectivity index (χ0) is 50.6. The molecule has 4 aliphatic heterocycles. The summed E-state index contributed by atoms with van der Waals surface area (Å²) in [6.07, 6.45) is 6.75. The van der Waals surface area contributed by atoms with Crippen LogP contribution in [0.25, 0.3) is 22.3 Å². The van der Waals surface area contributed by atoms with Gasteiger partial charge in [0.1, 0.15) is 0 Å². The van der Waals surface area contributed by atoms with Gasteiger partial charge in [-0.15, -0.1) is 0 Å². The van der Waals surface area contributed by atoms with E-state index in [1.54, 1.807) is 0 Å². The molecule has 15 rings (SSSR count). The van der Waals surface area contributed by atoms with E-state index in [-0.39, 0.29) is 34.0 Å². The Balaban J connectivity index is 1.10. The lowest BCUT2D eigenvalue weighted by Gasteiger charge is -2.55. The van der Waals surface area contributed by atoms with Gasteiger partial charge < -0.3 is 14.7 Å². The number of para-hydroxylation sites is 1. The third kappa shape index (κ3) is 5.89. The average Bonchev–Trinajstić information content (AvgIpc) is 4.00. The monoisotopic (exact) mass is 970 g/mol. The van der Waals surface area contributed by atoms with Crippen LogP contribution in [-0.2, 0) is 28.2 Å². The molecule has 0 aromatic heterocycles. The van der Waals surface area contributed by atoms with Crippen LogP contribution in [0.4, 0.5) is 39.8 Å². The largest absolute Gasteiger partial charge is 0.335 e. The Labute approximate surface area is 444 Å². The van der Waals surface area contributed by atoms with E-state index < -0.39 is 0 Å². The minimum absolute atomic E-state index is 0.0107. The van der Waals surface area contributed by atoms with Crippen LogP contribution < -0.4 is 31.1 Å². The highest BCUT2D eigenvalue weighted by Gasteiger charge is 2.65. The van der Waals surface area contributed by atoms with E-state index in [1.165, 1.54) is 125 Å². The van der Waals surface area contributed by atoms with Gasteiger partial charge in [-0.1, -0.05) is 210 Å². The van der Waals surface area contributed by atoms with Crippen LogP contribution >= 0.6 is 0 Å². The van der Waals surface area contributed by atoms with Gasteiger partial charge in [-0.05, 0) is 153 Å². The van der Waals surface area contributed by atoms with Gasteiger partial charge in [0.15, 0.2) is 0 Å². The van der Waals surface area contributed by atoms with Crippen LogP contribution in [0.3, 0.4) is 0 Å². The van der Waals surface area contributed by atoms with E-state index in [0.717, 1.165) is 25.7 Å². The van der Waals surface area contributed by atoms with E-state index in [9.17, 15) is 0 Å². The standard InChI is InChI=1S/C71H64BN3/c1-67(2,3)53-43-58-66-60(44-53)72-59-36-35-51(48-25-12-8-13-26-48)42-62(59)73(54-31-22-28-50(41-54)47-23-10-7-11-24-47)63-45-55(46-64(65(63)72)75(66)69(5)38-20-21-39-71(58,69)52-29-14-9-15-30-52)74-61-34-19-18-33-57(61)68(4)40-37-49-27-16-17-32-56(49)70(68,74)6/h7-19,22-36,41-46H,20-21,37-40H2,1-6H3. The summed E-state index contributed by atoms with van der Waals surface area (Å²) >= 11 is 0. The van der Waals surface area contributed by atoms with Crippen LogP contribution in [-0.4, -0.2) is 12.3 Å². The number of anilines is 7. The molecule has 0 amide bonds. The molecule has 4 atom stereocenters. The first-order chi connectivity index (χ1) is 36.4. The molecule has 75 heavy (non-hydrogen) atoms. The number of fused-ring (bicyclic) bond motifs is 12. The number of hydrogen-bond donors (Lipinski definition) is 0. The third-order valence-electron chi connectivity index (χ3n) is 19.9. The predicted octanol–water partition coefficient (Wildman–Crippen LogP) is 16.0. The van der Waals surface area contributed by atoms with Gasteiger partial charge in [-0.25, -0.2) is 0 Å². The molecule has 3 nitrogen and oxygen atoms in total. The molecular weight excluding hydrogens is 906 g/mol. The molecule has 366 valence electrons. The maximum absolute atomic E-state index is 2.95. The fraction of sp³-hybridized carbons (Fsp3) is 0.239. The smallest absolute Gasteiger partial charge is 0.252 e. The summed E-state index contributed by atoms with van der Waals surface area (Å²) < 4.78 is 0. The van der Waals surface area contributed by atoms with Crippen molar-refractivity contribution in [2.24, 2.45) is 0 Å². The topological polar surface area (TPSA) is 9.72 Å². The highest BCUT2D eigenvalue weighted by Crippen LogP contribution is 2.67. The summed E-state index contributed by atoms with van der Waals surface area (Å²) in [5.74, 6) is 0. The molecule has 9 aromatic rings. The lowest BCUT2D eigenvalue weighted by Crippen LogP contribution is -2.65. The van der Waals surface area contributed by atoms with Gasteiger partial charge in [0.2, 0.25) is 0 Å². The molecule has 0 saturated heterocycles. The number of aryl methyl sites for hydroxylation is 1. The van der Waals surface area contributed by atoms with Crippen molar-refractivity contribution in [1.82, 2.24) is 0 Å². The molecule has 0 spiro atoms. The lowest BCUT2D eigenvalue weighted by atomic mass is 9.33. The lowest BCUT2D eigenvalue weighted by molar-refractivity contribution is 0.215. The second kappa shape index (κ2) is 15.7. The Morgan fingerprint density at radius 2 is 1.09 bits per heavy atom. The van der Waals surface area contributed by atoms with E-state index in [4.69, 9.17) is 0 Å². The zero-order valence-corrected chi connectivity index (χ0v) is 44.3. The van der Waals surface area contributed by atoms with Crippen molar-refractivity contribution in [1.29, 1.82) is 0 Å². The summed E-state index contributed by atoms with van der Waals surface area (Å²) in [6, 6.07) is 79.9. The molecular formula is C71H64BN3. The summed E-state index contributed by atoms with van der Waals surface area (Å²) in [7, 11) is 0. The maximum atomic E-state index is 2.95. The van der Waals surface area contributed by atoms with Crippen molar-refractivity contribution in [3.63, 3.8) is 0 Å². The maximum Gasteiger partial charge on any atom is 0.252 e. The fourth-order valence-corrected chi connectivity index (χ4v) is 16.1. The van der Waals surface area contributed by atoms with Crippen molar-refractivity contribution < 1.29 is 0 Å². The fourth-order valence-electron chi connectivity index (χ4n) is 16.1. The Hall–Kier alpha value is -7.56. The van der Waals surface area contributed by atoms with Gasteiger partial charge in [-0.2, -0.15) is 0 Å². The first-order valence-corrected chi connectivity index (χ1v) is 27.8. The number of benzene rings is 9. The number of rotatable bonds is 5. The van der Waals surface area contributed by atoms with Gasteiger partial charge in [0.05, 0.1) is 11.1 Å². The molecule has 0 N–H and O–H groups in total. The van der Waals surface area contributed by atoms with Gasteiger partial charge in [0.25, 0.3) is 6.71 Å². The summed E-state index contributed by atoms with van der Waals surface area (Å²) in [4.78, 5) is 8.44. The molecule has 4 unspecified atom stereocenters. The van der Waals surface area contributed by atoms with E-state index >= 15 is 0 Å². The van der Waals surface area contributed by atoms with Gasteiger partial charge in [0, 0.05) is 50.6 Å². The van der Waals surface area contributed by atoms with Crippen LogP contribution in [0, 0.1) is 0 Å². The minimum Gasteiger partial charge on any atom is -0.335 e. The summed E-state index contributed by atoms with van der Waals surface area (Å²) in [5.41, 5.74) is 25.8. The highest BCUT2D eigenvalue weighted by atomic mass is 15.3. The molecule has 9 aromatic carbocycles.